The van der Waals surface area contributed by atoms with Crippen LogP contribution in [0.5, 0.6) is 0 Å². The van der Waals surface area contributed by atoms with Crippen LogP contribution in [-0.2, 0) is 4.79 Å². The van der Waals surface area contributed by atoms with Crippen molar-refractivity contribution in [3.05, 3.63) is 74.6 Å². The van der Waals surface area contributed by atoms with E-state index in [1.165, 1.54) is 0 Å². The fourth-order valence-corrected chi connectivity index (χ4v) is 3.84. The van der Waals surface area contributed by atoms with Crippen LogP contribution >= 0.6 is 11.8 Å². The maximum absolute atomic E-state index is 13.3. The summed E-state index contributed by atoms with van der Waals surface area (Å²) in [6.45, 7) is 5.77. The van der Waals surface area contributed by atoms with Crippen molar-refractivity contribution >= 4 is 40.8 Å². The van der Waals surface area contributed by atoms with E-state index in [0.717, 1.165) is 46.3 Å². The van der Waals surface area contributed by atoms with Crippen LogP contribution in [0.15, 0.2) is 40.3 Å². The van der Waals surface area contributed by atoms with Gasteiger partial charge in [-0.25, -0.2) is 13.8 Å². The first kappa shape index (κ1) is 23.9. The van der Waals surface area contributed by atoms with Crippen molar-refractivity contribution in [3.8, 4) is 0 Å². The number of nitrogens with zero attached hydrogens (tertiary/aromatic N) is 1. The summed E-state index contributed by atoms with van der Waals surface area (Å²) in [6.07, 6.45) is 0. The number of amides is 2. The summed E-state index contributed by atoms with van der Waals surface area (Å²) in [4.78, 5) is 43.4. The van der Waals surface area contributed by atoms with Gasteiger partial charge in [0.25, 0.3) is 11.5 Å². The maximum Gasteiger partial charge on any atom is 0.277 e. The Morgan fingerprint density at radius 2 is 1.70 bits per heavy atom. The van der Waals surface area contributed by atoms with E-state index >= 15 is 0 Å². The number of thioether (sulfide) groups is 1. The number of carbonyl (C=O) groups is 2. The fraction of sp³-hybridized carbons (Fsp3) is 0.182. The second-order valence-corrected chi connectivity index (χ2v) is 8.29. The molecule has 0 atom stereocenters. The van der Waals surface area contributed by atoms with Crippen molar-refractivity contribution < 1.29 is 18.4 Å². The van der Waals surface area contributed by atoms with Gasteiger partial charge in [0.15, 0.2) is 22.6 Å². The van der Waals surface area contributed by atoms with Gasteiger partial charge in [0, 0.05) is 11.3 Å². The number of H-pyrrole nitrogens is 1. The Kier molecular flexibility index (Phi) is 7.12. The van der Waals surface area contributed by atoms with Gasteiger partial charge in [-0.2, -0.15) is 0 Å². The van der Waals surface area contributed by atoms with Crippen LogP contribution < -0.4 is 21.9 Å². The summed E-state index contributed by atoms with van der Waals surface area (Å²) in [7, 11) is 0. The number of rotatable bonds is 6. The van der Waals surface area contributed by atoms with Crippen LogP contribution in [0, 0.1) is 32.4 Å². The van der Waals surface area contributed by atoms with E-state index in [1.807, 2.05) is 32.9 Å². The molecule has 0 aliphatic heterocycles. The number of nitrogens with two attached hydrogens (primary N) is 1. The Morgan fingerprint density at radius 3 is 2.30 bits per heavy atom. The molecule has 0 saturated heterocycles. The average molecular weight is 474 g/mol. The first-order valence-electron chi connectivity index (χ1n) is 9.72. The Bertz CT molecular complexity index is 1290. The molecular weight excluding hydrogens is 452 g/mol. The van der Waals surface area contributed by atoms with E-state index < -0.39 is 23.1 Å². The quantitative estimate of drug-likeness (QED) is 0.320. The van der Waals surface area contributed by atoms with E-state index in [-0.39, 0.29) is 33.9 Å². The molecule has 0 bridgehead atoms. The molecule has 2 amide bonds. The highest BCUT2D eigenvalue weighted by Crippen LogP contribution is 2.23. The summed E-state index contributed by atoms with van der Waals surface area (Å²) in [6, 6.07) is 6.47. The predicted octanol–water partition coefficient (Wildman–Crippen LogP) is 3.54. The van der Waals surface area contributed by atoms with Gasteiger partial charge in [0.2, 0.25) is 5.91 Å². The van der Waals surface area contributed by atoms with Crippen molar-refractivity contribution in [3.63, 3.8) is 0 Å². The molecule has 0 radical (unpaired) electrons. The number of hydrogen-bond acceptors (Lipinski definition) is 6. The van der Waals surface area contributed by atoms with E-state index in [2.05, 4.69) is 20.6 Å². The molecule has 3 aromatic rings. The van der Waals surface area contributed by atoms with Crippen molar-refractivity contribution in [1.29, 1.82) is 0 Å². The lowest BCUT2D eigenvalue weighted by Gasteiger charge is -2.13. The minimum Gasteiger partial charge on any atom is -0.382 e. The molecule has 172 valence electrons. The van der Waals surface area contributed by atoms with E-state index in [9.17, 15) is 23.2 Å². The third kappa shape index (κ3) is 5.75. The Labute approximate surface area is 192 Å². The number of carbonyl (C=O) groups excluding carboxylic acids is 2. The molecule has 0 spiro atoms. The van der Waals surface area contributed by atoms with Gasteiger partial charge in [0.1, 0.15) is 5.69 Å². The summed E-state index contributed by atoms with van der Waals surface area (Å²) in [5.74, 6) is -3.81. The fourth-order valence-electron chi connectivity index (χ4n) is 3.17. The first-order valence-corrected chi connectivity index (χ1v) is 10.7. The SMILES string of the molecule is Cc1cc(C)c(NC(=O)CSc2nc(N)c(NC(=O)c3ccc(F)c(F)c3)c(=O)[nH]2)c(C)c1. The summed E-state index contributed by atoms with van der Waals surface area (Å²) in [5, 5.41) is 5.16. The van der Waals surface area contributed by atoms with Crippen molar-refractivity contribution in [2.75, 3.05) is 22.1 Å². The highest BCUT2D eigenvalue weighted by Gasteiger charge is 2.16. The number of halogens is 2. The smallest absolute Gasteiger partial charge is 0.277 e. The molecule has 5 N–H and O–H groups in total. The Hall–Kier alpha value is -3.73. The van der Waals surface area contributed by atoms with Crippen molar-refractivity contribution in [2.45, 2.75) is 25.9 Å². The van der Waals surface area contributed by atoms with Gasteiger partial charge in [-0.1, -0.05) is 29.5 Å². The molecule has 0 fully saturated rings. The highest BCUT2D eigenvalue weighted by molar-refractivity contribution is 7.99. The molecule has 11 heteroatoms. The summed E-state index contributed by atoms with van der Waals surface area (Å²) < 4.78 is 26.4. The molecule has 0 aliphatic carbocycles. The van der Waals surface area contributed by atoms with Gasteiger partial charge in [-0.05, 0) is 50.1 Å². The van der Waals surface area contributed by atoms with E-state index in [0.29, 0.717) is 6.07 Å². The van der Waals surface area contributed by atoms with E-state index in [1.54, 1.807) is 0 Å². The molecule has 0 unspecified atom stereocenters. The zero-order valence-electron chi connectivity index (χ0n) is 18.0. The number of benzene rings is 2. The third-order valence-electron chi connectivity index (χ3n) is 4.63. The number of aromatic amines is 1. The second kappa shape index (κ2) is 9.82. The molecule has 8 nitrogen and oxygen atoms in total. The van der Waals surface area contributed by atoms with Crippen molar-refractivity contribution in [2.24, 2.45) is 0 Å². The number of nitrogens with one attached hydrogen (secondary N) is 3. The highest BCUT2D eigenvalue weighted by atomic mass is 32.2. The molecular formula is C22H21F2N5O3S. The predicted molar refractivity (Wildman–Crippen MR) is 124 cm³/mol. The molecule has 0 aliphatic rings. The zero-order valence-corrected chi connectivity index (χ0v) is 18.8. The average Bonchev–Trinajstić information content (AvgIpc) is 2.73. The van der Waals surface area contributed by atoms with Crippen LogP contribution in [-0.4, -0.2) is 27.5 Å². The van der Waals surface area contributed by atoms with Gasteiger partial charge in [-0.15, -0.1) is 0 Å². The van der Waals surface area contributed by atoms with Crippen LogP contribution in [0.25, 0.3) is 0 Å². The van der Waals surface area contributed by atoms with Crippen LogP contribution in [0.1, 0.15) is 27.0 Å². The minimum absolute atomic E-state index is 0.0459. The lowest BCUT2D eigenvalue weighted by molar-refractivity contribution is -0.113. The molecule has 3 rings (SSSR count). The lowest BCUT2D eigenvalue weighted by Crippen LogP contribution is -2.23. The summed E-state index contributed by atoms with van der Waals surface area (Å²) in [5.41, 5.74) is 8.17. The van der Waals surface area contributed by atoms with Gasteiger partial charge in [0.05, 0.1) is 5.75 Å². The van der Waals surface area contributed by atoms with E-state index in [4.69, 9.17) is 5.73 Å². The van der Waals surface area contributed by atoms with Gasteiger partial charge >= 0.3 is 0 Å². The topological polar surface area (TPSA) is 130 Å². The number of nitrogen functional groups attached to an aromatic ring is 1. The van der Waals surface area contributed by atoms with Gasteiger partial charge in [-0.3, -0.25) is 19.4 Å². The second-order valence-electron chi connectivity index (χ2n) is 7.32. The molecule has 33 heavy (non-hydrogen) atoms. The molecule has 2 aromatic carbocycles. The first-order chi connectivity index (χ1) is 15.5. The number of hydrogen-bond donors (Lipinski definition) is 4. The maximum atomic E-state index is 13.3. The lowest BCUT2D eigenvalue weighted by atomic mass is 10.1. The van der Waals surface area contributed by atoms with Crippen LogP contribution in [0.4, 0.5) is 26.0 Å². The molecule has 1 aromatic heterocycles. The zero-order chi connectivity index (χ0) is 24.3. The monoisotopic (exact) mass is 473 g/mol. The Balaban J connectivity index is 1.67. The van der Waals surface area contributed by atoms with Crippen LogP contribution in [0.2, 0.25) is 0 Å². The number of aromatic nitrogens is 2. The minimum atomic E-state index is -1.20. The molecule has 0 saturated carbocycles. The number of aryl methyl sites for hydroxylation is 3. The number of anilines is 3. The standard InChI is InChI=1S/C22H21F2N5O3S/c1-10-6-11(2)17(12(3)7-10)26-16(30)9-33-22-28-19(25)18(21(32)29-22)27-20(31)13-4-5-14(23)15(24)8-13/h4-8H,9H2,1-3H3,(H,26,30)(H,27,31)(H3,25,28,29,32). The third-order valence-corrected chi connectivity index (χ3v) is 5.50. The van der Waals surface area contributed by atoms with Crippen LogP contribution in [0.3, 0.4) is 0 Å². The Morgan fingerprint density at radius 1 is 1.03 bits per heavy atom. The molecule has 1 heterocycles. The summed E-state index contributed by atoms with van der Waals surface area (Å²) >= 11 is 0.956. The normalized spacial score (nSPS) is 10.7. The van der Waals surface area contributed by atoms with Gasteiger partial charge < -0.3 is 16.4 Å². The van der Waals surface area contributed by atoms with Crippen molar-refractivity contribution in [1.82, 2.24) is 9.97 Å². The largest absolute Gasteiger partial charge is 0.382 e.